The Hall–Kier alpha value is -0.840. The van der Waals surface area contributed by atoms with Crippen LogP contribution in [0.3, 0.4) is 0 Å². The van der Waals surface area contributed by atoms with Crippen molar-refractivity contribution < 1.29 is 9.94 Å². The van der Waals surface area contributed by atoms with E-state index >= 15 is 0 Å². The molecule has 5 heteroatoms. The van der Waals surface area contributed by atoms with E-state index in [-0.39, 0.29) is 0 Å². The van der Waals surface area contributed by atoms with Crippen molar-refractivity contribution in [1.82, 2.24) is 10.5 Å². The predicted molar refractivity (Wildman–Crippen MR) is 44.3 cm³/mol. The zero-order valence-corrected chi connectivity index (χ0v) is 7.25. The van der Waals surface area contributed by atoms with Crippen LogP contribution in [0.1, 0.15) is 11.1 Å². The number of nitrogens with one attached hydrogen (secondary N) is 1. The van der Waals surface area contributed by atoms with Crippen molar-refractivity contribution >= 4 is 11.6 Å². The van der Waals surface area contributed by atoms with Crippen LogP contribution in [0.2, 0.25) is 0 Å². The van der Waals surface area contributed by atoms with E-state index in [9.17, 15) is 0 Å². The fourth-order valence-electron chi connectivity index (χ4n) is 0.737. The van der Waals surface area contributed by atoms with Gasteiger partial charge in [0.2, 0.25) is 5.88 Å². The van der Waals surface area contributed by atoms with E-state index in [1.807, 2.05) is 5.48 Å². The molecule has 0 aliphatic carbocycles. The molecular formula is C7H9ClN2O2. The highest BCUT2D eigenvalue weighted by atomic mass is 35.5. The highest BCUT2D eigenvalue weighted by Gasteiger charge is 2.05. The fourth-order valence-corrected chi connectivity index (χ4v) is 0.866. The van der Waals surface area contributed by atoms with Gasteiger partial charge in [0.1, 0.15) is 5.50 Å². The molecule has 0 bridgehead atoms. The van der Waals surface area contributed by atoms with Crippen LogP contribution in [0.15, 0.2) is 18.3 Å². The van der Waals surface area contributed by atoms with E-state index in [0.717, 1.165) is 0 Å². The van der Waals surface area contributed by atoms with Crippen LogP contribution < -0.4 is 10.2 Å². The van der Waals surface area contributed by atoms with Crippen molar-refractivity contribution in [1.29, 1.82) is 0 Å². The maximum absolute atomic E-state index is 8.47. The largest absolute Gasteiger partial charge is 0.481 e. The van der Waals surface area contributed by atoms with E-state index in [1.165, 1.54) is 13.3 Å². The van der Waals surface area contributed by atoms with Crippen molar-refractivity contribution in [3.8, 4) is 5.88 Å². The van der Waals surface area contributed by atoms with Crippen LogP contribution in [0.5, 0.6) is 5.88 Å². The summed E-state index contributed by atoms with van der Waals surface area (Å²) in [6.07, 6.45) is 1.53. The number of ether oxygens (including phenoxy) is 1. The first-order valence-corrected chi connectivity index (χ1v) is 3.75. The first-order valence-electron chi connectivity index (χ1n) is 3.31. The summed E-state index contributed by atoms with van der Waals surface area (Å²) < 4.78 is 4.85. The number of methoxy groups -OCH3 is 1. The third-order valence-corrected chi connectivity index (χ3v) is 1.72. The van der Waals surface area contributed by atoms with Crippen LogP contribution in [-0.4, -0.2) is 17.3 Å². The number of rotatable bonds is 3. The van der Waals surface area contributed by atoms with Gasteiger partial charge < -0.3 is 9.94 Å². The minimum atomic E-state index is -0.636. The molecule has 0 aliphatic heterocycles. The molecule has 0 saturated carbocycles. The highest BCUT2D eigenvalue weighted by molar-refractivity contribution is 6.20. The minimum absolute atomic E-state index is 0.514. The second kappa shape index (κ2) is 4.25. The molecule has 1 atom stereocenters. The number of pyridine rings is 1. The van der Waals surface area contributed by atoms with Gasteiger partial charge in [0.25, 0.3) is 0 Å². The average molecular weight is 189 g/mol. The monoisotopic (exact) mass is 188 g/mol. The molecule has 1 heterocycles. The number of nitrogens with zero attached hydrogens (tertiary/aromatic N) is 1. The summed E-state index contributed by atoms with van der Waals surface area (Å²) in [5, 5.41) is 8.47. The van der Waals surface area contributed by atoms with Crippen LogP contribution in [0.4, 0.5) is 0 Å². The van der Waals surface area contributed by atoms with Crippen molar-refractivity contribution in [3.05, 3.63) is 23.9 Å². The SMILES string of the molecule is COc1ccc(C(Cl)NO)cn1. The Balaban J connectivity index is 2.77. The number of hydroxylamine groups is 1. The molecule has 1 aromatic heterocycles. The Labute approximate surface area is 75.1 Å². The first kappa shape index (κ1) is 9.25. The zero-order valence-electron chi connectivity index (χ0n) is 6.49. The average Bonchev–Trinajstić information content (AvgIpc) is 2.17. The summed E-state index contributed by atoms with van der Waals surface area (Å²) in [4.78, 5) is 3.91. The third-order valence-electron chi connectivity index (χ3n) is 1.37. The Kier molecular flexibility index (Phi) is 3.28. The zero-order chi connectivity index (χ0) is 8.97. The number of aromatic nitrogens is 1. The second-order valence-corrected chi connectivity index (χ2v) is 2.56. The van der Waals surface area contributed by atoms with Crippen molar-refractivity contribution in [3.63, 3.8) is 0 Å². The molecule has 66 valence electrons. The third kappa shape index (κ3) is 2.07. The fraction of sp³-hybridized carbons (Fsp3) is 0.286. The van der Waals surface area contributed by atoms with Gasteiger partial charge in [-0.2, -0.15) is 5.48 Å². The summed E-state index contributed by atoms with van der Waals surface area (Å²) in [5.41, 5.74) is 1.95. The molecule has 4 nitrogen and oxygen atoms in total. The van der Waals surface area contributed by atoms with Gasteiger partial charge in [-0.05, 0) is 6.07 Å². The minimum Gasteiger partial charge on any atom is -0.481 e. The van der Waals surface area contributed by atoms with Gasteiger partial charge in [-0.15, -0.1) is 0 Å². The van der Waals surface area contributed by atoms with E-state index in [4.69, 9.17) is 21.5 Å². The van der Waals surface area contributed by atoms with E-state index in [2.05, 4.69) is 4.98 Å². The van der Waals surface area contributed by atoms with Gasteiger partial charge in [-0.1, -0.05) is 11.6 Å². The molecule has 1 aromatic rings. The normalized spacial score (nSPS) is 12.6. The topological polar surface area (TPSA) is 54.4 Å². The van der Waals surface area contributed by atoms with Gasteiger partial charge in [0.05, 0.1) is 7.11 Å². The number of hydrogen-bond donors (Lipinski definition) is 2. The second-order valence-electron chi connectivity index (χ2n) is 2.13. The van der Waals surface area contributed by atoms with Crippen LogP contribution >= 0.6 is 11.6 Å². The molecule has 2 N–H and O–H groups in total. The first-order chi connectivity index (χ1) is 5.77. The van der Waals surface area contributed by atoms with Crippen molar-refractivity contribution in [2.24, 2.45) is 0 Å². The lowest BCUT2D eigenvalue weighted by molar-refractivity contribution is 0.155. The summed E-state index contributed by atoms with van der Waals surface area (Å²) in [7, 11) is 1.53. The van der Waals surface area contributed by atoms with Gasteiger partial charge in [-0.25, -0.2) is 4.98 Å². The Morgan fingerprint density at radius 3 is 2.83 bits per heavy atom. The Morgan fingerprint density at radius 2 is 2.42 bits per heavy atom. The molecule has 0 aromatic carbocycles. The predicted octanol–water partition coefficient (Wildman–Crippen LogP) is 1.31. The molecule has 1 unspecified atom stereocenters. The highest BCUT2D eigenvalue weighted by Crippen LogP contribution is 2.17. The van der Waals surface area contributed by atoms with Gasteiger partial charge in [-0.3, -0.25) is 0 Å². The lowest BCUT2D eigenvalue weighted by Crippen LogP contribution is -2.10. The number of halogens is 1. The quantitative estimate of drug-likeness (QED) is 0.427. The summed E-state index contributed by atoms with van der Waals surface area (Å²) in [5.74, 6) is 0.514. The summed E-state index contributed by atoms with van der Waals surface area (Å²) in [6, 6.07) is 3.38. The molecule has 0 spiro atoms. The number of hydrogen-bond acceptors (Lipinski definition) is 4. The maximum atomic E-state index is 8.47. The maximum Gasteiger partial charge on any atom is 0.212 e. The molecule has 0 amide bonds. The molecule has 0 aliphatic rings. The summed E-state index contributed by atoms with van der Waals surface area (Å²) >= 11 is 5.64. The molecule has 1 rings (SSSR count). The van der Waals surface area contributed by atoms with Crippen LogP contribution in [-0.2, 0) is 0 Å². The molecule has 0 radical (unpaired) electrons. The smallest absolute Gasteiger partial charge is 0.212 e. The van der Waals surface area contributed by atoms with E-state index in [0.29, 0.717) is 11.4 Å². The molecule has 12 heavy (non-hydrogen) atoms. The molecule has 0 saturated heterocycles. The van der Waals surface area contributed by atoms with Gasteiger partial charge in [0, 0.05) is 17.8 Å². The van der Waals surface area contributed by atoms with Gasteiger partial charge in [0.15, 0.2) is 0 Å². The lowest BCUT2D eigenvalue weighted by Gasteiger charge is -2.06. The van der Waals surface area contributed by atoms with E-state index < -0.39 is 5.50 Å². The Morgan fingerprint density at radius 1 is 1.67 bits per heavy atom. The Bertz CT molecular complexity index is 240. The van der Waals surface area contributed by atoms with Crippen molar-refractivity contribution in [2.75, 3.05) is 7.11 Å². The van der Waals surface area contributed by atoms with Crippen LogP contribution in [0, 0.1) is 0 Å². The standard InChI is InChI=1S/C7H9ClN2O2/c1-12-6-3-2-5(4-9-6)7(8)10-11/h2-4,7,10-11H,1H3. The van der Waals surface area contributed by atoms with Crippen molar-refractivity contribution in [2.45, 2.75) is 5.50 Å². The number of alkyl halides is 1. The molecule has 0 fully saturated rings. The van der Waals surface area contributed by atoms with Crippen LogP contribution in [0.25, 0.3) is 0 Å². The lowest BCUT2D eigenvalue weighted by atomic mass is 10.3. The molecular weight excluding hydrogens is 180 g/mol. The summed E-state index contributed by atoms with van der Waals surface area (Å²) in [6.45, 7) is 0. The van der Waals surface area contributed by atoms with Gasteiger partial charge >= 0.3 is 0 Å². The van der Waals surface area contributed by atoms with E-state index in [1.54, 1.807) is 12.1 Å².